The fraction of sp³-hybridized carbons (Fsp3) is 0.229. The van der Waals surface area contributed by atoms with Crippen LogP contribution in [0.5, 0.6) is 11.5 Å². The Morgan fingerprint density at radius 3 is 1.82 bits per heavy atom. The lowest BCUT2D eigenvalue weighted by Crippen LogP contribution is -2.65. The van der Waals surface area contributed by atoms with Crippen molar-refractivity contribution in [3.05, 3.63) is 119 Å². The van der Waals surface area contributed by atoms with Crippen molar-refractivity contribution in [1.29, 1.82) is 0 Å². The number of benzene rings is 4. The van der Waals surface area contributed by atoms with Crippen molar-refractivity contribution in [1.82, 2.24) is 0 Å². The van der Waals surface area contributed by atoms with Crippen molar-refractivity contribution in [2.45, 2.75) is 19.0 Å². The molecule has 44 heavy (non-hydrogen) atoms. The van der Waals surface area contributed by atoms with Crippen molar-refractivity contribution in [2.24, 2.45) is 5.41 Å². The minimum absolute atomic E-state index is 0.145. The molecule has 1 aliphatic rings. The van der Waals surface area contributed by atoms with E-state index < -0.39 is 29.4 Å². The van der Waals surface area contributed by atoms with Crippen LogP contribution in [0.25, 0.3) is 0 Å². The van der Waals surface area contributed by atoms with Crippen LogP contribution in [-0.2, 0) is 14.3 Å². The molecule has 1 aliphatic heterocycles. The average Bonchev–Trinajstić information content (AvgIpc) is 3.08. The topological polar surface area (TPSA) is 103 Å². The highest BCUT2D eigenvalue weighted by molar-refractivity contribution is 6.08. The molecule has 0 bridgehead atoms. The Balaban J connectivity index is 1.68. The predicted molar refractivity (Wildman–Crippen MR) is 166 cm³/mol. The second-order valence-electron chi connectivity index (χ2n) is 10.5. The van der Waals surface area contributed by atoms with E-state index in [2.05, 4.69) is 5.32 Å². The number of hydrogen-bond acceptors (Lipinski definition) is 8. The second-order valence-corrected chi connectivity index (χ2v) is 10.5. The molecule has 1 amide bonds. The molecule has 9 heteroatoms. The van der Waals surface area contributed by atoms with Gasteiger partial charge in [-0.25, -0.2) is 9.59 Å². The molecule has 5 rings (SSSR count). The van der Waals surface area contributed by atoms with Gasteiger partial charge in [-0.2, -0.15) is 0 Å². The Bertz CT molecular complexity index is 1610. The summed E-state index contributed by atoms with van der Waals surface area (Å²) in [5.41, 5.74) is 2.62. The molecule has 9 nitrogen and oxygen atoms in total. The SMILES string of the molecule is COC(=O)c1ccc(C(Nc2ccccc2OC)[C@]2(C)C(=O)N(c3ccccc3OC)[C@H]2c2ccc(C(=O)OC)cc2)cc1. The van der Waals surface area contributed by atoms with Crippen LogP contribution >= 0.6 is 0 Å². The van der Waals surface area contributed by atoms with Gasteiger partial charge in [0.05, 0.1) is 68.4 Å². The maximum atomic E-state index is 14.6. The van der Waals surface area contributed by atoms with Gasteiger partial charge in [-0.05, 0) is 66.6 Å². The molecule has 0 aliphatic carbocycles. The van der Waals surface area contributed by atoms with E-state index in [0.717, 1.165) is 11.1 Å². The van der Waals surface area contributed by atoms with Gasteiger partial charge in [-0.1, -0.05) is 48.5 Å². The number of β-lactam (4-membered cyclic amide) rings is 1. The first-order valence-corrected chi connectivity index (χ1v) is 14.0. The zero-order chi connectivity index (χ0) is 31.4. The summed E-state index contributed by atoms with van der Waals surface area (Å²) < 4.78 is 21.1. The lowest BCUT2D eigenvalue weighted by atomic mass is 9.62. The van der Waals surface area contributed by atoms with E-state index in [0.29, 0.717) is 34.0 Å². The van der Waals surface area contributed by atoms with Crippen LogP contribution in [0.2, 0.25) is 0 Å². The van der Waals surface area contributed by atoms with Gasteiger partial charge in [0, 0.05) is 0 Å². The summed E-state index contributed by atoms with van der Waals surface area (Å²) in [5.74, 6) is 0.110. The average molecular weight is 595 g/mol. The molecule has 1 heterocycles. The summed E-state index contributed by atoms with van der Waals surface area (Å²) in [6.07, 6.45) is 0. The fourth-order valence-electron chi connectivity index (χ4n) is 5.90. The van der Waals surface area contributed by atoms with Gasteiger partial charge in [-0.3, -0.25) is 9.69 Å². The number of nitrogens with one attached hydrogen (secondary N) is 1. The van der Waals surface area contributed by atoms with Crippen LogP contribution in [0.1, 0.15) is 50.9 Å². The maximum Gasteiger partial charge on any atom is 0.337 e. The Hall–Kier alpha value is -5.31. The molecule has 4 aromatic carbocycles. The molecule has 226 valence electrons. The first-order chi connectivity index (χ1) is 21.3. The fourth-order valence-corrected chi connectivity index (χ4v) is 5.90. The molecular weight excluding hydrogens is 560 g/mol. The predicted octanol–water partition coefficient (Wildman–Crippen LogP) is 6.22. The second kappa shape index (κ2) is 12.5. The van der Waals surface area contributed by atoms with Crippen LogP contribution in [-0.4, -0.2) is 46.3 Å². The minimum atomic E-state index is -1.07. The lowest BCUT2D eigenvalue weighted by Gasteiger charge is -2.58. The highest BCUT2D eigenvalue weighted by atomic mass is 16.5. The number of esters is 2. The van der Waals surface area contributed by atoms with E-state index in [1.807, 2.05) is 79.7 Å². The summed E-state index contributed by atoms with van der Waals surface area (Å²) in [6.45, 7) is 1.92. The number of rotatable bonds is 10. The molecule has 1 saturated heterocycles. The molecule has 0 spiro atoms. The highest BCUT2D eigenvalue weighted by Gasteiger charge is 2.63. The monoisotopic (exact) mass is 594 g/mol. The number of carbonyl (C=O) groups is 3. The van der Waals surface area contributed by atoms with Gasteiger partial charge in [-0.15, -0.1) is 0 Å². The number of anilines is 2. The lowest BCUT2D eigenvalue weighted by molar-refractivity contribution is -0.140. The summed E-state index contributed by atoms with van der Waals surface area (Å²) in [6, 6.07) is 27.8. The van der Waals surface area contributed by atoms with E-state index in [-0.39, 0.29) is 5.91 Å². The van der Waals surface area contributed by atoms with Gasteiger partial charge in [0.2, 0.25) is 5.91 Å². The molecule has 1 fully saturated rings. The summed E-state index contributed by atoms with van der Waals surface area (Å²) in [7, 11) is 5.82. The zero-order valence-electron chi connectivity index (χ0n) is 25.2. The molecule has 0 aromatic heterocycles. The van der Waals surface area contributed by atoms with Crippen LogP contribution in [0.15, 0.2) is 97.1 Å². The highest BCUT2D eigenvalue weighted by Crippen LogP contribution is 2.60. The van der Waals surface area contributed by atoms with Crippen molar-refractivity contribution in [3.8, 4) is 11.5 Å². The number of nitrogens with zero attached hydrogens (tertiary/aromatic N) is 1. The van der Waals surface area contributed by atoms with Gasteiger partial charge < -0.3 is 24.3 Å². The van der Waals surface area contributed by atoms with Crippen LogP contribution < -0.4 is 19.7 Å². The quantitative estimate of drug-likeness (QED) is 0.170. The Kier molecular flexibility index (Phi) is 8.57. The Morgan fingerprint density at radius 1 is 0.727 bits per heavy atom. The number of para-hydroxylation sites is 4. The molecular formula is C35H34N2O7. The van der Waals surface area contributed by atoms with E-state index >= 15 is 0 Å². The molecule has 1 N–H and O–H groups in total. The van der Waals surface area contributed by atoms with E-state index in [9.17, 15) is 14.4 Å². The third-order valence-electron chi connectivity index (χ3n) is 8.17. The smallest absolute Gasteiger partial charge is 0.337 e. The normalized spacial score (nSPS) is 18.1. The molecule has 4 aromatic rings. The first-order valence-electron chi connectivity index (χ1n) is 14.0. The maximum absolute atomic E-state index is 14.6. The Morgan fingerprint density at radius 2 is 1.25 bits per heavy atom. The number of hydrogen-bond donors (Lipinski definition) is 1. The minimum Gasteiger partial charge on any atom is -0.495 e. The van der Waals surface area contributed by atoms with Gasteiger partial charge in [0.1, 0.15) is 11.5 Å². The van der Waals surface area contributed by atoms with Crippen LogP contribution in [0.4, 0.5) is 11.4 Å². The van der Waals surface area contributed by atoms with Gasteiger partial charge in [0.15, 0.2) is 0 Å². The number of ether oxygens (including phenoxy) is 4. The number of methoxy groups -OCH3 is 4. The van der Waals surface area contributed by atoms with Crippen molar-refractivity contribution < 1.29 is 33.3 Å². The first kappa shape index (κ1) is 30.2. The Labute approximate surface area is 256 Å². The standard InChI is InChI=1S/C35H34N2O7/c1-35(30(36-26-10-6-8-12-28(26)41-2)22-14-18-24(19-15-22)32(38)43-4)31(23-16-20-25(21-17-23)33(39)44-5)37(34(35)40)27-11-7-9-13-29(27)42-3/h6-21,30-31,36H,1-5H3/t30?,31-,35-/m0/s1. The molecule has 3 atom stereocenters. The van der Waals surface area contributed by atoms with Crippen molar-refractivity contribution in [3.63, 3.8) is 0 Å². The summed E-state index contributed by atoms with van der Waals surface area (Å²) in [5, 5.41) is 3.60. The zero-order valence-corrected chi connectivity index (χ0v) is 25.2. The molecule has 0 saturated carbocycles. The third kappa shape index (κ3) is 5.21. The summed E-state index contributed by atoms with van der Waals surface area (Å²) >= 11 is 0. The van der Waals surface area contributed by atoms with E-state index in [1.54, 1.807) is 43.4 Å². The van der Waals surface area contributed by atoms with Crippen LogP contribution in [0.3, 0.4) is 0 Å². The third-order valence-corrected chi connectivity index (χ3v) is 8.17. The number of carbonyl (C=O) groups excluding carboxylic acids is 3. The van der Waals surface area contributed by atoms with E-state index in [1.165, 1.54) is 14.2 Å². The van der Waals surface area contributed by atoms with E-state index in [4.69, 9.17) is 18.9 Å². The van der Waals surface area contributed by atoms with Gasteiger partial charge in [0.25, 0.3) is 0 Å². The van der Waals surface area contributed by atoms with Crippen molar-refractivity contribution >= 4 is 29.2 Å². The largest absolute Gasteiger partial charge is 0.495 e. The summed E-state index contributed by atoms with van der Waals surface area (Å²) in [4.78, 5) is 40.8. The van der Waals surface area contributed by atoms with Crippen molar-refractivity contribution in [2.75, 3.05) is 38.7 Å². The van der Waals surface area contributed by atoms with Crippen LogP contribution in [0, 0.1) is 5.41 Å². The van der Waals surface area contributed by atoms with Gasteiger partial charge >= 0.3 is 11.9 Å². The molecule has 1 unspecified atom stereocenters. The molecule has 0 radical (unpaired) electrons. The number of amides is 1.